The van der Waals surface area contributed by atoms with E-state index >= 15 is 0 Å². The molecule has 0 saturated heterocycles. The molecule has 4 nitrogen and oxygen atoms in total. The van der Waals surface area contributed by atoms with E-state index < -0.39 is 5.60 Å². The third-order valence-corrected chi connectivity index (χ3v) is 5.08. The molecule has 2 aliphatic rings. The molecule has 0 unspecified atom stereocenters. The van der Waals surface area contributed by atoms with Gasteiger partial charge in [0.25, 0.3) is 5.91 Å². The van der Waals surface area contributed by atoms with E-state index in [1.807, 2.05) is 61.5 Å². The predicted molar refractivity (Wildman–Crippen MR) is 99.6 cm³/mol. The van der Waals surface area contributed by atoms with Crippen LogP contribution in [0.3, 0.4) is 0 Å². The van der Waals surface area contributed by atoms with Crippen molar-refractivity contribution in [2.24, 2.45) is 0 Å². The van der Waals surface area contributed by atoms with Crippen LogP contribution in [0.25, 0.3) is 0 Å². The highest BCUT2D eigenvalue weighted by Gasteiger charge is 2.50. The molecule has 1 spiro atoms. The van der Waals surface area contributed by atoms with Crippen molar-refractivity contribution in [1.82, 2.24) is 0 Å². The number of ether oxygens (including phenoxy) is 2. The number of fused-ring (bicyclic) bond motifs is 2. The average Bonchev–Trinajstić information content (AvgIpc) is 2.86. The number of amides is 1. The molecule has 2 heterocycles. The molecule has 128 valence electrons. The standard InChI is InChI=1S/C20H18BrNO3/c1-13-10-16(12-24-15-8-6-14(21)7-9-15)25-20(11-13)17-4-2-3-5-18(17)22-19(20)23/h2-10,16H,11-12H2,1H3,(H,22,23)/t16-,20+/m0/s1. The molecule has 0 bridgehead atoms. The first kappa shape index (κ1) is 16.4. The van der Waals surface area contributed by atoms with Crippen molar-refractivity contribution in [3.63, 3.8) is 0 Å². The number of rotatable bonds is 3. The molecule has 0 aliphatic carbocycles. The van der Waals surface area contributed by atoms with E-state index in [1.54, 1.807) is 0 Å². The quantitative estimate of drug-likeness (QED) is 0.777. The number of hydrogen-bond acceptors (Lipinski definition) is 3. The van der Waals surface area contributed by atoms with E-state index in [0.29, 0.717) is 13.0 Å². The Morgan fingerprint density at radius 1 is 1.24 bits per heavy atom. The lowest BCUT2D eigenvalue weighted by Crippen LogP contribution is -2.44. The van der Waals surface area contributed by atoms with Crippen LogP contribution in [0.15, 0.2) is 64.7 Å². The molecular weight excluding hydrogens is 382 g/mol. The molecule has 2 aromatic rings. The van der Waals surface area contributed by atoms with Crippen molar-refractivity contribution < 1.29 is 14.3 Å². The maximum absolute atomic E-state index is 12.7. The molecule has 0 saturated carbocycles. The molecule has 2 atom stereocenters. The Morgan fingerprint density at radius 3 is 2.80 bits per heavy atom. The third-order valence-electron chi connectivity index (χ3n) is 4.56. The van der Waals surface area contributed by atoms with Crippen LogP contribution in [0.5, 0.6) is 5.75 Å². The Kier molecular flexibility index (Phi) is 4.13. The van der Waals surface area contributed by atoms with E-state index in [4.69, 9.17) is 9.47 Å². The third kappa shape index (κ3) is 2.98. The SMILES string of the molecule is CC1=C[C@@H](COc2ccc(Br)cc2)O[C@@]2(C1)C(=O)Nc1ccccc12. The predicted octanol–water partition coefficient (Wildman–Crippen LogP) is 4.41. The zero-order valence-electron chi connectivity index (χ0n) is 13.8. The molecule has 2 aliphatic heterocycles. The van der Waals surface area contributed by atoms with Gasteiger partial charge in [-0.1, -0.05) is 45.8 Å². The number of carbonyl (C=O) groups is 1. The number of para-hydroxylation sites is 1. The van der Waals surface area contributed by atoms with Gasteiger partial charge in [0.15, 0.2) is 5.60 Å². The fourth-order valence-corrected chi connectivity index (χ4v) is 3.74. The largest absolute Gasteiger partial charge is 0.491 e. The van der Waals surface area contributed by atoms with Crippen LogP contribution in [-0.2, 0) is 15.1 Å². The van der Waals surface area contributed by atoms with Gasteiger partial charge >= 0.3 is 0 Å². The normalized spacial score (nSPS) is 24.6. The molecule has 5 heteroatoms. The molecule has 0 aromatic heterocycles. The minimum Gasteiger partial charge on any atom is -0.491 e. The van der Waals surface area contributed by atoms with Gasteiger partial charge in [-0.25, -0.2) is 0 Å². The summed E-state index contributed by atoms with van der Waals surface area (Å²) in [5.41, 5.74) is 1.90. The highest BCUT2D eigenvalue weighted by Crippen LogP contribution is 2.45. The molecule has 25 heavy (non-hydrogen) atoms. The first-order valence-corrected chi connectivity index (χ1v) is 9.00. The van der Waals surface area contributed by atoms with Crippen molar-refractivity contribution in [3.05, 3.63) is 70.2 Å². The fourth-order valence-electron chi connectivity index (χ4n) is 3.48. The second kappa shape index (κ2) is 6.32. The molecule has 2 aromatic carbocycles. The summed E-state index contributed by atoms with van der Waals surface area (Å²) in [4.78, 5) is 12.7. The Bertz CT molecular complexity index is 846. The second-order valence-electron chi connectivity index (χ2n) is 6.44. The minimum absolute atomic E-state index is 0.102. The molecule has 0 fully saturated rings. The Labute approximate surface area is 155 Å². The molecule has 0 radical (unpaired) electrons. The van der Waals surface area contributed by atoms with Crippen molar-refractivity contribution in [2.75, 3.05) is 11.9 Å². The smallest absolute Gasteiger partial charge is 0.261 e. The average molecular weight is 400 g/mol. The summed E-state index contributed by atoms with van der Waals surface area (Å²) in [5, 5.41) is 2.94. The number of carbonyl (C=O) groups excluding carboxylic acids is 1. The van der Waals surface area contributed by atoms with Gasteiger partial charge in [0, 0.05) is 22.1 Å². The Balaban J connectivity index is 1.56. The van der Waals surface area contributed by atoms with Crippen LogP contribution in [0, 0.1) is 0 Å². The maximum Gasteiger partial charge on any atom is 0.261 e. The fraction of sp³-hybridized carbons (Fsp3) is 0.250. The molecule has 4 rings (SSSR count). The summed E-state index contributed by atoms with van der Waals surface area (Å²) >= 11 is 3.41. The van der Waals surface area contributed by atoms with Crippen LogP contribution >= 0.6 is 15.9 Å². The molecule has 1 N–H and O–H groups in total. The van der Waals surface area contributed by atoms with E-state index in [9.17, 15) is 4.79 Å². The zero-order valence-corrected chi connectivity index (χ0v) is 15.4. The van der Waals surface area contributed by atoms with Gasteiger partial charge < -0.3 is 14.8 Å². The van der Waals surface area contributed by atoms with Crippen LogP contribution in [0.2, 0.25) is 0 Å². The van der Waals surface area contributed by atoms with Gasteiger partial charge in [0.05, 0.1) is 0 Å². The number of anilines is 1. The summed E-state index contributed by atoms with van der Waals surface area (Å²) in [6, 6.07) is 15.4. The van der Waals surface area contributed by atoms with Crippen molar-refractivity contribution in [2.45, 2.75) is 25.0 Å². The van der Waals surface area contributed by atoms with Crippen molar-refractivity contribution in [3.8, 4) is 5.75 Å². The first-order chi connectivity index (χ1) is 12.1. The van der Waals surface area contributed by atoms with Gasteiger partial charge in [-0.2, -0.15) is 0 Å². The number of benzene rings is 2. The zero-order chi connectivity index (χ0) is 17.4. The van der Waals surface area contributed by atoms with Gasteiger partial charge in [0.2, 0.25) is 0 Å². The summed E-state index contributed by atoms with van der Waals surface area (Å²) in [6.45, 7) is 2.39. The summed E-state index contributed by atoms with van der Waals surface area (Å²) in [5.74, 6) is 0.670. The van der Waals surface area contributed by atoms with Crippen LogP contribution in [0.1, 0.15) is 18.9 Å². The second-order valence-corrected chi connectivity index (χ2v) is 7.35. The molecule has 1 amide bonds. The number of hydrogen-bond donors (Lipinski definition) is 1. The van der Waals surface area contributed by atoms with Gasteiger partial charge in [-0.3, -0.25) is 4.79 Å². The Hall–Kier alpha value is -2.11. The van der Waals surface area contributed by atoms with Crippen LogP contribution < -0.4 is 10.1 Å². The Morgan fingerprint density at radius 2 is 2.00 bits per heavy atom. The van der Waals surface area contributed by atoms with Gasteiger partial charge in [-0.05, 0) is 37.3 Å². The van der Waals surface area contributed by atoms with Crippen molar-refractivity contribution in [1.29, 1.82) is 0 Å². The van der Waals surface area contributed by atoms with E-state index in [-0.39, 0.29) is 12.0 Å². The summed E-state index contributed by atoms with van der Waals surface area (Å²) < 4.78 is 13.1. The minimum atomic E-state index is -0.955. The van der Waals surface area contributed by atoms with Gasteiger partial charge in [0.1, 0.15) is 18.5 Å². The maximum atomic E-state index is 12.7. The number of halogens is 1. The highest BCUT2D eigenvalue weighted by molar-refractivity contribution is 9.10. The monoisotopic (exact) mass is 399 g/mol. The van der Waals surface area contributed by atoms with Gasteiger partial charge in [-0.15, -0.1) is 0 Å². The van der Waals surface area contributed by atoms with E-state index in [1.165, 1.54) is 0 Å². The van der Waals surface area contributed by atoms with Crippen molar-refractivity contribution >= 4 is 27.5 Å². The first-order valence-electron chi connectivity index (χ1n) is 8.21. The lowest BCUT2D eigenvalue weighted by Gasteiger charge is -2.35. The topological polar surface area (TPSA) is 47.6 Å². The van der Waals surface area contributed by atoms with E-state index in [0.717, 1.165) is 27.0 Å². The highest BCUT2D eigenvalue weighted by atomic mass is 79.9. The summed E-state index contributed by atoms with van der Waals surface area (Å²) in [6.07, 6.45) is 2.32. The van der Waals surface area contributed by atoms with Crippen LogP contribution in [-0.4, -0.2) is 18.6 Å². The van der Waals surface area contributed by atoms with E-state index in [2.05, 4.69) is 21.2 Å². The lowest BCUT2D eigenvalue weighted by atomic mass is 9.85. The summed E-state index contributed by atoms with van der Waals surface area (Å²) in [7, 11) is 0. The van der Waals surface area contributed by atoms with Crippen LogP contribution in [0.4, 0.5) is 5.69 Å². The lowest BCUT2D eigenvalue weighted by molar-refractivity contribution is -0.151. The molecular formula is C20H18BrNO3. The number of nitrogens with one attached hydrogen (secondary N) is 1.